The SMILES string of the molecule is [2H]c1c(C(=O)O)c([2H])c(C(F)(F)F)c([2H])c1C1CC1. The minimum absolute atomic E-state index is 0.208. The Bertz CT molecular complexity index is 566. The van der Waals surface area contributed by atoms with Gasteiger partial charge in [-0.25, -0.2) is 4.79 Å². The third kappa shape index (κ3) is 2.18. The number of aromatic carboxylic acids is 1. The molecule has 0 spiro atoms. The van der Waals surface area contributed by atoms with Gasteiger partial charge >= 0.3 is 12.1 Å². The van der Waals surface area contributed by atoms with Crippen molar-refractivity contribution in [3.8, 4) is 0 Å². The number of rotatable bonds is 2. The lowest BCUT2D eigenvalue weighted by Crippen LogP contribution is -2.08. The molecule has 1 N–H and O–H groups in total. The lowest BCUT2D eigenvalue weighted by atomic mass is 10.0. The molecule has 0 atom stereocenters. The molecule has 1 aromatic carbocycles. The van der Waals surface area contributed by atoms with Crippen LogP contribution >= 0.6 is 0 Å². The molecule has 0 aliphatic heterocycles. The maximum Gasteiger partial charge on any atom is 0.416 e. The Morgan fingerprint density at radius 1 is 1.38 bits per heavy atom. The van der Waals surface area contributed by atoms with Crippen LogP contribution in [0.25, 0.3) is 0 Å². The first-order valence-electron chi connectivity index (χ1n) is 6.10. The first-order valence-corrected chi connectivity index (χ1v) is 4.60. The topological polar surface area (TPSA) is 37.3 Å². The summed E-state index contributed by atoms with van der Waals surface area (Å²) in [7, 11) is 0. The van der Waals surface area contributed by atoms with Gasteiger partial charge in [0.05, 0.1) is 15.2 Å². The summed E-state index contributed by atoms with van der Waals surface area (Å²) in [5, 5.41) is 8.89. The van der Waals surface area contributed by atoms with Gasteiger partial charge in [0.1, 0.15) is 0 Å². The van der Waals surface area contributed by atoms with Crippen LogP contribution in [0.5, 0.6) is 0 Å². The molecule has 0 heterocycles. The summed E-state index contributed by atoms with van der Waals surface area (Å²) in [6.45, 7) is 0. The van der Waals surface area contributed by atoms with Crippen molar-refractivity contribution in [1.29, 1.82) is 0 Å². The molecule has 0 aromatic heterocycles. The summed E-state index contributed by atoms with van der Waals surface area (Å²) in [6.07, 6.45) is -3.91. The molecule has 1 aliphatic carbocycles. The van der Waals surface area contributed by atoms with Crippen LogP contribution in [0.3, 0.4) is 0 Å². The quantitative estimate of drug-likeness (QED) is 0.851. The molecule has 1 aliphatic rings. The van der Waals surface area contributed by atoms with Crippen molar-refractivity contribution in [2.75, 3.05) is 0 Å². The van der Waals surface area contributed by atoms with E-state index >= 15 is 0 Å². The monoisotopic (exact) mass is 233 g/mol. The Labute approximate surface area is 93.9 Å². The Hall–Kier alpha value is -1.52. The Kier molecular flexibility index (Phi) is 1.69. The van der Waals surface area contributed by atoms with Crippen LogP contribution in [0, 0.1) is 0 Å². The third-order valence-electron chi connectivity index (χ3n) is 2.25. The molecule has 2 nitrogen and oxygen atoms in total. The van der Waals surface area contributed by atoms with E-state index in [4.69, 9.17) is 9.22 Å². The normalized spacial score (nSPS) is 18.8. The van der Waals surface area contributed by atoms with Crippen molar-refractivity contribution in [2.24, 2.45) is 0 Å². The Morgan fingerprint density at radius 3 is 2.44 bits per heavy atom. The number of carboxylic acid groups (broad SMARTS) is 1. The van der Waals surface area contributed by atoms with Crippen LogP contribution in [-0.4, -0.2) is 11.1 Å². The average Bonchev–Trinajstić information content (AvgIpc) is 2.97. The summed E-state index contributed by atoms with van der Waals surface area (Å²) in [6, 6.07) is -2.88. The van der Waals surface area contributed by atoms with Gasteiger partial charge < -0.3 is 5.11 Å². The van der Waals surface area contributed by atoms with Crippen LogP contribution in [0.2, 0.25) is 0 Å². The lowest BCUT2D eigenvalue weighted by molar-refractivity contribution is -0.137. The van der Waals surface area contributed by atoms with Crippen molar-refractivity contribution in [2.45, 2.75) is 24.9 Å². The number of carbonyl (C=O) groups is 1. The van der Waals surface area contributed by atoms with Gasteiger partial charge in [0, 0.05) is 0 Å². The van der Waals surface area contributed by atoms with E-state index in [1.807, 2.05) is 0 Å². The minimum atomic E-state index is -4.98. The maximum atomic E-state index is 12.9. The van der Waals surface area contributed by atoms with Gasteiger partial charge in [-0.1, -0.05) is 0 Å². The summed E-state index contributed by atoms with van der Waals surface area (Å²) in [4.78, 5) is 11.0. The first kappa shape index (κ1) is 7.70. The van der Waals surface area contributed by atoms with Gasteiger partial charge in [0.15, 0.2) is 0 Å². The van der Waals surface area contributed by atoms with E-state index in [9.17, 15) is 18.0 Å². The maximum absolute atomic E-state index is 12.9. The van der Waals surface area contributed by atoms with E-state index < -0.39 is 41.4 Å². The highest BCUT2D eigenvalue weighted by Crippen LogP contribution is 2.42. The second-order valence-corrected chi connectivity index (χ2v) is 3.62. The standard InChI is InChI=1S/C11H9F3O2/c12-11(13,14)9-4-7(6-1-2-6)3-8(5-9)10(15)16/h3-6H,1-2H2,(H,15,16)/i3D,4D,5D. The lowest BCUT2D eigenvalue weighted by Gasteiger charge is -2.10. The predicted molar refractivity (Wildman–Crippen MR) is 50.4 cm³/mol. The number of carboxylic acids is 1. The highest BCUT2D eigenvalue weighted by molar-refractivity contribution is 5.88. The smallest absolute Gasteiger partial charge is 0.416 e. The molecule has 0 unspecified atom stereocenters. The molecular formula is C11H9F3O2. The molecule has 0 bridgehead atoms. The summed E-state index contributed by atoms with van der Waals surface area (Å²) >= 11 is 0. The van der Waals surface area contributed by atoms with Gasteiger partial charge in [-0.15, -0.1) is 0 Å². The molecule has 0 saturated heterocycles. The summed E-state index contributed by atoms with van der Waals surface area (Å²) in [5.41, 5.74) is -2.76. The predicted octanol–water partition coefficient (Wildman–Crippen LogP) is 3.28. The molecule has 1 saturated carbocycles. The molecule has 16 heavy (non-hydrogen) atoms. The van der Waals surface area contributed by atoms with Crippen LogP contribution in [-0.2, 0) is 6.18 Å². The Balaban J connectivity index is 2.84. The van der Waals surface area contributed by atoms with Crippen molar-refractivity contribution in [3.63, 3.8) is 0 Å². The van der Waals surface area contributed by atoms with Crippen molar-refractivity contribution < 1.29 is 27.2 Å². The van der Waals surface area contributed by atoms with Gasteiger partial charge in [-0.05, 0) is 42.5 Å². The zero-order valence-corrected chi connectivity index (χ0v) is 7.98. The number of halogens is 3. The summed E-state index contributed by atoms with van der Waals surface area (Å²) < 4.78 is 61.1. The molecule has 2 rings (SSSR count). The molecule has 0 amide bonds. The van der Waals surface area contributed by atoms with Crippen LogP contribution in [0.1, 0.15) is 44.4 Å². The van der Waals surface area contributed by atoms with Crippen molar-refractivity contribution >= 4 is 5.97 Å². The second-order valence-electron chi connectivity index (χ2n) is 3.62. The van der Waals surface area contributed by atoms with Crippen LogP contribution < -0.4 is 0 Å². The summed E-state index contributed by atoms with van der Waals surface area (Å²) in [5.74, 6) is -2.12. The second kappa shape index (κ2) is 3.50. The number of benzene rings is 1. The van der Waals surface area contributed by atoms with Gasteiger partial charge in [-0.2, -0.15) is 13.2 Å². The molecule has 86 valence electrons. The van der Waals surface area contributed by atoms with Gasteiger partial charge in [0.2, 0.25) is 0 Å². The van der Waals surface area contributed by atoms with E-state index in [2.05, 4.69) is 0 Å². The first-order chi connectivity index (χ1) is 8.66. The minimum Gasteiger partial charge on any atom is -0.478 e. The molecule has 5 heteroatoms. The highest BCUT2D eigenvalue weighted by atomic mass is 19.4. The number of hydrogen-bond acceptors (Lipinski definition) is 1. The zero-order valence-electron chi connectivity index (χ0n) is 11.0. The van der Waals surface area contributed by atoms with Crippen molar-refractivity contribution in [1.82, 2.24) is 0 Å². The zero-order chi connectivity index (χ0) is 14.5. The fourth-order valence-electron chi connectivity index (χ4n) is 1.31. The van der Waals surface area contributed by atoms with E-state index in [0.717, 1.165) is 0 Å². The molecule has 1 aromatic rings. The van der Waals surface area contributed by atoms with E-state index in [1.54, 1.807) is 0 Å². The average molecular weight is 233 g/mol. The van der Waals surface area contributed by atoms with Crippen LogP contribution in [0.15, 0.2) is 18.1 Å². The molecular weight excluding hydrogens is 221 g/mol. The Morgan fingerprint density at radius 2 is 2.00 bits per heavy atom. The van der Waals surface area contributed by atoms with Crippen molar-refractivity contribution in [3.05, 3.63) is 34.8 Å². The number of alkyl halides is 3. The number of hydrogen-bond donors (Lipinski definition) is 1. The van der Waals surface area contributed by atoms with Gasteiger partial charge in [-0.3, -0.25) is 0 Å². The fraction of sp³-hybridized carbons (Fsp3) is 0.364. The van der Waals surface area contributed by atoms with E-state index in [0.29, 0.717) is 12.8 Å². The van der Waals surface area contributed by atoms with Crippen LogP contribution in [0.4, 0.5) is 13.2 Å². The van der Waals surface area contributed by atoms with E-state index in [1.165, 1.54) is 0 Å². The van der Waals surface area contributed by atoms with E-state index in [-0.39, 0.29) is 11.5 Å². The molecule has 0 radical (unpaired) electrons. The highest BCUT2D eigenvalue weighted by Gasteiger charge is 2.34. The van der Waals surface area contributed by atoms with Gasteiger partial charge in [0.25, 0.3) is 0 Å². The third-order valence-corrected chi connectivity index (χ3v) is 2.25. The largest absolute Gasteiger partial charge is 0.478 e. The molecule has 1 fully saturated rings. The fourth-order valence-corrected chi connectivity index (χ4v) is 1.31.